The van der Waals surface area contributed by atoms with Gasteiger partial charge in [0.1, 0.15) is 0 Å². The summed E-state index contributed by atoms with van der Waals surface area (Å²) < 4.78 is 16.1. The summed E-state index contributed by atoms with van der Waals surface area (Å²) in [6.07, 6.45) is 1.37. The summed E-state index contributed by atoms with van der Waals surface area (Å²) in [6.45, 7) is 0. The molecule has 0 N–H and O–H groups in total. The van der Waals surface area contributed by atoms with Gasteiger partial charge < -0.3 is 13.3 Å². The van der Waals surface area contributed by atoms with Crippen LogP contribution in [0.5, 0.6) is 0 Å². The lowest BCUT2D eigenvalue weighted by Crippen LogP contribution is -2.45. The van der Waals surface area contributed by atoms with Gasteiger partial charge in [-0.05, 0) is 18.3 Å². The van der Waals surface area contributed by atoms with E-state index < -0.39 is 8.80 Å². The third kappa shape index (κ3) is 0.902. The number of hydrogen-bond acceptors (Lipinski definition) is 3. The Morgan fingerprint density at radius 1 is 1.00 bits per heavy atom. The zero-order valence-corrected chi connectivity index (χ0v) is 8.16. The standard InChI is InChI=1S/C7H14O3Si/c1-8-11(9-2,10-3)7-5-4-6(5)7/h5-7H,4H2,1-3H3. The Balaban J connectivity index is 2.01. The Labute approximate surface area is 68.0 Å². The van der Waals surface area contributed by atoms with Gasteiger partial charge in [0.05, 0.1) is 0 Å². The largest absolute Gasteiger partial charge is 0.504 e. The molecule has 64 valence electrons. The van der Waals surface area contributed by atoms with Crippen LogP contribution in [0.3, 0.4) is 0 Å². The molecular formula is C7H14O3Si. The van der Waals surface area contributed by atoms with Gasteiger partial charge in [0.2, 0.25) is 0 Å². The van der Waals surface area contributed by atoms with Crippen molar-refractivity contribution < 1.29 is 13.3 Å². The van der Waals surface area contributed by atoms with Crippen LogP contribution >= 0.6 is 0 Å². The minimum absolute atomic E-state index is 0.627. The van der Waals surface area contributed by atoms with Gasteiger partial charge in [0.15, 0.2) is 0 Å². The molecule has 2 fully saturated rings. The average molecular weight is 174 g/mol. The molecule has 0 aromatic carbocycles. The average Bonchev–Trinajstić information content (AvgIpc) is 2.87. The Morgan fingerprint density at radius 2 is 1.45 bits per heavy atom. The van der Waals surface area contributed by atoms with Crippen molar-refractivity contribution >= 4 is 8.80 Å². The molecule has 0 aromatic rings. The van der Waals surface area contributed by atoms with E-state index in [1.165, 1.54) is 6.42 Å². The fourth-order valence-electron chi connectivity index (χ4n) is 1.96. The van der Waals surface area contributed by atoms with E-state index in [1.807, 2.05) is 0 Å². The molecule has 3 nitrogen and oxygen atoms in total. The quantitative estimate of drug-likeness (QED) is 0.592. The Bertz CT molecular complexity index is 153. The molecule has 0 saturated heterocycles. The van der Waals surface area contributed by atoms with E-state index in [-0.39, 0.29) is 0 Å². The lowest BCUT2D eigenvalue weighted by molar-refractivity contribution is 0.116. The molecule has 2 unspecified atom stereocenters. The van der Waals surface area contributed by atoms with Crippen molar-refractivity contribution in [3.05, 3.63) is 0 Å². The summed E-state index contributed by atoms with van der Waals surface area (Å²) in [5.74, 6) is 1.75. The molecule has 0 aromatic heterocycles. The predicted molar refractivity (Wildman–Crippen MR) is 42.1 cm³/mol. The van der Waals surface area contributed by atoms with E-state index in [4.69, 9.17) is 13.3 Å². The molecule has 0 radical (unpaired) electrons. The molecule has 0 bridgehead atoms. The van der Waals surface area contributed by atoms with E-state index >= 15 is 0 Å². The fourth-order valence-corrected chi connectivity index (χ4v) is 4.98. The maximum Gasteiger partial charge on any atom is 0.504 e. The van der Waals surface area contributed by atoms with Crippen LogP contribution in [0.2, 0.25) is 5.54 Å². The highest BCUT2D eigenvalue weighted by Crippen LogP contribution is 2.76. The number of fused-ring (bicyclic) bond motifs is 1. The Hall–Kier alpha value is 0.0969. The van der Waals surface area contributed by atoms with Crippen molar-refractivity contribution in [1.82, 2.24) is 0 Å². The second-order valence-electron chi connectivity index (χ2n) is 3.31. The second kappa shape index (κ2) is 2.29. The van der Waals surface area contributed by atoms with Crippen LogP contribution in [0.25, 0.3) is 0 Å². The van der Waals surface area contributed by atoms with E-state index in [0.717, 1.165) is 11.8 Å². The van der Waals surface area contributed by atoms with E-state index in [0.29, 0.717) is 5.54 Å². The van der Waals surface area contributed by atoms with Gasteiger partial charge in [0.25, 0.3) is 0 Å². The first-order valence-corrected chi connectivity index (χ1v) is 5.74. The molecule has 0 spiro atoms. The summed E-state index contributed by atoms with van der Waals surface area (Å²) in [4.78, 5) is 0. The highest BCUT2D eigenvalue weighted by molar-refractivity contribution is 6.63. The molecule has 0 heterocycles. The van der Waals surface area contributed by atoms with Crippen LogP contribution in [0.4, 0.5) is 0 Å². The molecule has 0 aliphatic heterocycles. The van der Waals surface area contributed by atoms with Crippen molar-refractivity contribution in [1.29, 1.82) is 0 Å². The Kier molecular flexibility index (Phi) is 1.61. The van der Waals surface area contributed by atoms with Crippen molar-refractivity contribution in [2.24, 2.45) is 11.8 Å². The molecule has 11 heavy (non-hydrogen) atoms. The van der Waals surface area contributed by atoms with Crippen LogP contribution in [-0.4, -0.2) is 30.1 Å². The molecule has 0 amide bonds. The normalized spacial score (nSPS) is 40.1. The summed E-state index contributed by atoms with van der Waals surface area (Å²) in [5, 5.41) is 0. The predicted octanol–water partition coefficient (Wildman–Crippen LogP) is 0.884. The van der Waals surface area contributed by atoms with Crippen LogP contribution in [0, 0.1) is 11.8 Å². The fraction of sp³-hybridized carbons (Fsp3) is 1.00. The summed E-state index contributed by atoms with van der Waals surface area (Å²) in [5.41, 5.74) is 0.627. The van der Waals surface area contributed by atoms with Crippen LogP contribution in [0.1, 0.15) is 6.42 Å². The molecule has 2 aliphatic carbocycles. The molecular weight excluding hydrogens is 160 g/mol. The summed E-state index contributed by atoms with van der Waals surface area (Å²) in [7, 11) is 2.88. The first-order chi connectivity index (χ1) is 5.29. The zero-order chi connectivity index (χ0) is 8.06. The van der Waals surface area contributed by atoms with Crippen molar-refractivity contribution in [2.45, 2.75) is 12.0 Å². The molecule has 2 rings (SSSR count). The zero-order valence-electron chi connectivity index (χ0n) is 7.16. The molecule has 4 heteroatoms. The summed E-state index contributed by atoms with van der Waals surface area (Å²) in [6, 6.07) is 0. The number of hydrogen-bond donors (Lipinski definition) is 0. The first-order valence-electron chi connectivity index (χ1n) is 3.94. The molecule has 2 atom stereocenters. The van der Waals surface area contributed by atoms with Gasteiger partial charge in [-0.3, -0.25) is 0 Å². The Morgan fingerprint density at radius 3 is 1.55 bits per heavy atom. The third-order valence-corrected chi connectivity index (χ3v) is 6.31. The third-order valence-electron chi connectivity index (χ3n) is 2.93. The first kappa shape index (κ1) is 7.73. The minimum atomic E-state index is -2.20. The topological polar surface area (TPSA) is 27.7 Å². The highest BCUT2D eigenvalue weighted by atomic mass is 28.4. The van der Waals surface area contributed by atoms with Gasteiger partial charge in [0, 0.05) is 26.9 Å². The number of rotatable bonds is 4. The van der Waals surface area contributed by atoms with Gasteiger partial charge >= 0.3 is 8.80 Å². The van der Waals surface area contributed by atoms with E-state index in [1.54, 1.807) is 21.3 Å². The summed E-state index contributed by atoms with van der Waals surface area (Å²) >= 11 is 0. The maximum absolute atomic E-state index is 5.36. The SMILES string of the molecule is CO[Si](OC)(OC)C1C2CC21. The van der Waals surface area contributed by atoms with Crippen LogP contribution in [-0.2, 0) is 13.3 Å². The molecule has 2 aliphatic rings. The van der Waals surface area contributed by atoms with Crippen LogP contribution in [0.15, 0.2) is 0 Å². The van der Waals surface area contributed by atoms with Crippen LogP contribution < -0.4 is 0 Å². The highest BCUT2D eigenvalue weighted by Gasteiger charge is 2.76. The van der Waals surface area contributed by atoms with Gasteiger partial charge in [-0.15, -0.1) is 0 Å². The smallest absolute Gasteiger partial charge is 0.377 e. The second-order valence-corrected chi connectivity index (χ2v) is 6.40. The monoisotopic (exact) mass is 174 g/mol. The van der Waals surface area contributed by atoms with Crippen molar-refractivity contribution in [2.75, 3.05) is 21.3 Å². The van der Waals surface area contributed by atoms with Crippen molar-refractivity contribution in [3.63, 3.8) is 0 Å². The van der Waals surface area contributed by atoms with E-state index in [2.05, 4.69) is 0 Å². The lowest BCUT2D eigenvalue weighted by Gasteiger charge is -2.26. The lowest BCUT2D eigenvalue weighted by atomic mass is 10.4. The van der Waals surface area contributed by atoms with Gasteiger partial charge in [-0.25, -0.2) is 0 Å². The minimum Gasteiger partial charge on any atom is -0.377 e. The maximum atomic E-state index is 5.36. The van der Waals surface area contributed by atoms with Gasteiger partial charge in [-0.1, -0.05) is 0 Å². The van der Waals surface area contributed by atoms with Crippen molar-refractivity contribution in [3.8, 4) is 0 Å². The van der Waals surface area contributed by atoms with E-state index in [9.17, 15) is 0 Å². The molecule has 2 saturated carbocycles. The van der Waals surface area contributed by atoms with Gasteiger partial charge in [-0.2, -0.15) is 0 Å².